The normalized spacial score (nSPS) is 19.4. The molecule has 39 heavy (non-hydrogen) atoms. The molecule has 1 fully saturated rings. The summed E-state index contributed by atoms with van der Waals surface area (Å²) in [5.41, 5.74) is 0.0595. The monoisotopic (exact) mass is 556 g/mol. The van der Waals surface area contributed by atoms with Gasteiger partial charge in [0.15, 0.2) is 0 Å². The second-order valence-corrected chi connectivity index (χ2v) is 16.5. The van der Waals surface area contributed by atoms with Crippen LogP contribution in [0.4, 0.5) is 0 Å². The van der Waals surface area contributed by atoms with Gasteiger partial charge in [-0.3, -0.25) is 19.3 Å². The molecular weight excluding hydrogens is 518 g/mol. The summed E-state index contributed by atoms with van der Waals surface area (Å²) in [4.78, 5) is 0. The molecule has 2 unspecified atom stereocenters. The van der Waals surface area contributed by atoms with Gasteiger partial charge in [-0.2, -0.15) is 0 Å². The molecule has 6 heteroatoms. The Kier molecular flexibility index (Phi) is 8.40. The van der Waals surface area contributed by atoms with E-state index in [-0.39, 0.29) is 17.4 Å². The standard InChI is InChI=1S/C33H38N2O2P2/c1-33(2)24-27(26-34-38(36,29-15-7-3-8-16-29)30-17-9-4-10-18-30)23-28(25-33)35-39(37,31-19-11-5-12-20-31)32-21-13-6-14-22-32/h3-22,27-28H,23-26H2,1-2H3,(H,34,36)(H,35,37). The van der Waals surface area contributed by atoms with Crippen molar-refractivity contribution in [2.24, 2.45) is 11.3 Å². The summed E-state index contributed by atoms with van der Waals surface area (Å²) in [5.74, 6) is 0.284. The van der Waals surface area contributed by atoms with Crippen molar-refractivity contribution in [2.75, 3.05) is 6.54 Å². The van der Waals surface area contributed by atoms with Crippen LogP contribution in [0.2, 0.25) is 0 Å². The fraction of sp³-hybridized carbons (Fsp3) is 0.273. The van der Waals surface area contributed by atoms with Crippen LogP contribution in [-0.4, -0.2) is 12.6 Å². The molecule has 4 aromatic carbocycles. The zero-order chi connectivity index (χ0) is 27.3. The first kappa shape index (κ1) is 27.8. The first-order valence-corrected chi connectivity index (χ1v) is 17.2. The molecule has 1 aliphatic carbocycles. The molecule has 2 atom stereocenters. The van der Waals surface area contributed by atoms with E-state index < -0.39 is 14.6 Å². The molecule has 0 aromatic heterocycles. The van der Waals surface area contributed by atoms with E-state index in [4.69, 9.17) is 0 Å². The van der Waals surface area contributed by atoms with Crippen LogP contribution >= 0.6 is 14.6 Å². The Bertz CT molecular complexity index is 1360. The summed E-state index contributed by atoms with van der Waals surface area (Å²) in [6.07, 6.45) is 2.81. The van der Waals surface area contributed by atoms with Crippen molar-refractivity contribution >= 4 is 35.8 Å². The van der Waals surface area contributed by atoms with Crippen molar-refractivity contribution in [3.05, 3.63) is 121 Å². The molecule has 5 rings (SSSR count). The van der Waals surface area contributed by atoms with Crippen LogP contribution in [0.3, 0.4) is 0 Å². The Morgan fingerprint density at radius 3 is 1.41 bits per heavy atom. The predicted octanol–water partition coefficient (Wildman–Crippen LogP) is 6.22. The van der Waals surface area contributed by atoms with Gasteiger partial charge < -0.3 is 0 Å². The highest BCUT2D eigenvalue weighted by atomic mass is 31.2. The van der Waals surface area contributed by atoms with Crippen LogP contribution in [0.15, 0.2) is 121 Å². The van der Waals surface area contributed by atoms with E-state index in [1.807, 2.05) is 121 Å². The van der Waals surface area contributed by atoms with Crippen LogP contribution in [0, 0.1) is 11.3 Å². The van der Waals surface area contributed by atoms with Gasteiger partial charge in [0.1, 0.15) is 0 Å². The summed E-state index contributed by atoms with van der Waals surface area (Å²) >= 11 is 0. The maximum absolute atomic E-state index is 14.7. The van der Waals surface area contributed by atoms with Crippen molar-refractivity contribution < 1.29 is 9.13 Å². The summed E-state index contributed by atoms with van der Waals surface area (Å²) in [5, 5.41) is 10.5. The fourth-order valence-corrected chi connectivity index (χ4v) is 10.9. The van der Waals surface area contributed by atoms with E-state index in [0.717, 1.165) is 40.5 Å². The zero-order valence-corrected chi connectivity index (χ0v) is 24.5. The fourth-order valence-electron chi connectivity index (χ4n) is 6.05. The molecule has 0 radical (unpaired) electrons. The predicted molar refractivity (Wildman–Crippen MR) is 166 cm³/mol. The van der Waals surface area contributed by atoms with E-state index in [1.165, 1.54) is 0 Å². The maximum atomic E-state index is 14.7. The molecule has 0 bridgehead atoms. The third kappa shape index (κ3) is 6.37. The largest absolute Gasteiger partial charge is 0.297 e. The molecule has 202 valence electrons. The van der Waals surface area contributed by atoms with Gasteiger partial charge in [0.05, 0.1) is 0 Å². The van der Waals surface area contributed by atoms with Gasteiger partial charge in [-0.1, -0.05) is 86.6 Å². The van der Waals surface area contributed by atoms with Gasteiger partial charge in [-0.15, -0.1) is 0 Å². The Morgan fingerprint density at radius 1 is 0.615 bits per heavy atom. The lowest BCUT2D eigenvalue weighted by atomic mass is 9.70. The van der Waals surface area contributed by atoms with Crippen molar-refractivity contribution in [1.29, 1.82) is 0 Å². The molecule has 4 nitrogen and oxygen atoms in total. The zero-order valence-electron chi connectivity index (χ0n) is 22.7. The van der Waals surface area contributed by atoms with Crippen molar-refractivity contribution in [3.8, 4) is 0 Å². The summed E-state index contributed by atoms with van der Waals surface area (Å²) in [6, 6.07) is 39.1. The second-order valence-electron chi connectivity index (χ2n) is 11.4. The van der Waals surface area contributed by atoms with Crippen molar-refractivity contribution in [1.82, 2.24) is 10.2 Å². The highest BCUT2D eigenvalue weighted by Gasteiger charge is 2.39. The van der Waals surface area contributed by atoms with Gasteiger partial charge in [0.2, 0.25) is 14.6 Å². The highest BCUT2D eigenvalue weighted by molar-refractivity contribution is 7.77. The molecule has 0 heterocycles. The Balaban J connectivity index is 1.40. The van der Waals surface area contributed by atoms with Gasteiger partial charge in [-0.25, -0.2) is 0 Å². The van der Waals surface area contributed by atoms with Gasteiger partial charge >= 0.3 is 0 Å². The summed E-state index contributed by atoms with van der Waals surface area (Å²) in [7, 11) is -6.06. The second kappa shape index (κ2) is 11.8. The number of hydrogen-bond donors (Lipinski definition) is 2. The van der Waals surface area contributed by atoms with E-state index >= 15 is 0 Å². The lowest BCUT2D eigenvalue weighted by molar-refractivity contribution is 0.154. The Labute approximate surface area is 233 Å². The minimum atomic E-state index is -3.05. The number of benzene rings is 4. The van der Waals surface area contributed by atoms with Crippen molar-refractivity contribution in [3.63, 3.8) is 0 Å². The molecule has 0 aliphatic heterocycles. The third-order valence-electron chi connectivity index (χ3n) is 7.70. The van der Waals surface area contributed by atoms with Crippen LogP contribution in [0.1, 0.15) is 33.1 Å². The highest BCUT2D eigenvalue weighted by Crippen LogP contribution is 2.46. The van der Waals surface area contributed by atoms with Crippen LogP contribution in [0.25, 0.3) is 0 Å². The molecular formula is C33H38N2O2P2. The van der Waals surface area contributed by atoms with Crippen LogP contribution in [-0.2, 0) is 9.13 Å². The average molecular weight is 557 g/mol. The lowest BCUT2D eigenvalue weighted by Gasteiger charge is -2.42. The van der Waals surface area contributed by atoms with Gasteiger partial charge in [0.25, 0.3) is 0 Å². The average Bonchev–Trinajstić information content (AvgIpc) is 2.97. The molecule has 4 aromatic rings. The minimum absolute atomic E-state index is 0.0595. The number of hydrogen-bond acceptors (Lipinski definition) is 2. The summed E-state index contributed by atoms with van der Waals surface area (Å²) in [6.45, 7) is 5.21. The van der Waals surface area contributed by atoms with Crippen molar-refractivity contribution in [2.45, 2.75) is 39.2 Å². The van der Waals surface area contributed by atoms with Gasteiger partial charge in [0, 0.05) is 33.8 Å². The van der Waals surface area contributed by atoms with Crippen LogP contribution in [0.5, 0.6) is 0 Å². The third-order valence-corrected chi connectivity index (χ3v) is 13.2. The van der Waals surface area contributed by atoms with Crippen LogP contribution < -0.4 is 31.4 Å². The molecule has 1 aliphatic rings. The summed E-state index contributed by atoms with van der Waals surface area (Å²) < 4.78 is 29.2. The maximum Gasteiger partial charge on any atom is 0.204 e. The van der Waals surface area contributed by atoms with E-state index in [1.54, 1.807) is 0 Å². The molecule has 2 N–H and O–H groups in total. The van der Waals surface area contributed by atoms with E-state index in [2.05, 4.69) is 24.0 Å². The SMILES string of the molecule is CC1(C)CC(CNP(=O)(c2ccccc2)c2ccccc2)CC(NP(=O)(c2ccccc2)c2ccccc2)C1. The number of rotatable bonds is 9. The van der Waals surface area contributed by atoms with E-state index in [9.17, 15) is 9.13 Å². The Hall–Kier alpha value is -2.74. The molecule has 1 saturated carbocycles. The lowest BCUT2D eigenvalue weighted by Crippen LogP contribution is -2.45. The first-order valence-electron chi connectivity index (χ1n) is 13.7. The molecule has 0 spiro atoms. The molecule has 0 saturated heterocycles. The first-order chi connectivity index (χ1) is 18.8. The van der Waals surface area contributed by atoms with E-state index in [0.29, 0.717) is 6.54 Å². The minimum Gasteiger partial charge on any atom is -0.297 e. The Morgan fingerprint density at radius 2 is 1.00 bits per heavy atom. The van der Waals surface area contributed by atoms with Gasteiger partial charge in [-0.05, 0) is 79.1 Å². The topological polar surface area (TPSA) is 58.2 Å². The quantitative estimate of drug-likeness (QED) is 0.241. The number of nitrogens with one attached hydrogen (secondary N) is 2. The molecule has 0 amide bonds. The smallest absolute Gasteiger partial charge is 0.204 e.